The van der Waals surface area contributed by atoms with E-state index in [4.69, 9.17) is 4.98 Å². The molecule has 5 nitrogen and oxygen atoms in total. The minimum atomic E-state index is 0. The van der Waals surface area contributed by atoms with Gasteiger partial charge in [-0.2, -0.15) is 0 Å². The van der Waals surface area contributed by atoms with Gasteiger partial charge >= 0.3 is 0 Å². The summed E-state index contributed by atoms with van der Waals surface area (Å²) >= 11 is 1.79. The standard InChI is InChI=1S/C22H33N5S.HI/c1-3-21-26-20(17-28-21)16-27-13-10-19(11-14-27)15-25-22(23-2)24-12-9-18-7-5-4-6-8-18;/h4-8,17,19H,3,9-16H2,1-2H3,(H2,23,24,25);1H. The van der Waals surface area contributed by atoms with Crippen LogP contribution in [0.3, 0.4) is 0 Å². The zero-order valence-corrected chi connectivity index (χ0v) is 20.7. The number of nitrogens with zero attached hydrogens (tertiary/aromatic N) is 3. The minimum Gasteiger partial charge on any atom is -0.356 e. The van der Waals surface area contributed by atoms with E-state index in [0.717, 1.165) is 51.5 Å². The molecule has 3 rings (SSSR count). The molecular formula is C22H34IN5S. The van der Waals surface area contributed by atoms with Crippen LogP contribution in [0.4, 0.5) is 0 Å². The number of nitrogens with one attached hydrogen (secondary N) is 2. The van der Waals surface area contributed by atoms with E-state index >= 15 is 0 Å². The molecule has 1 aliphatic heterocycles. The van der Waals surface area contributed by atoms with Crippen molar-refractivity contribution in [2.45, 2.75) is 39.2 Å². The molecule has 29 heavy (non-hydrogen) atoms. The molecule has 160 valence electrons. The summed E-state index contributed by atoms with van der Waals surface area (Å²) in [5.41, 5.74) is 2.59. The van der Waals surface area contributed by atoms with Gasteiger partial charge in [0.25, 0.3) is 0 Å². The van der Waals surface area contributed by atoms with Crippen LogP contribution in [-0.4, -0.2) is 49.1 Å². The third kappa shape index (κ3) is 8.22. The van der Waals surface area contributed by atoms with Gasteiger partial charge in [0, 0.05) is 32.1 Å². The number of hydrogen-bond acceptors (Lipinski definition) is 4. The molecule has 1 fully saturated rings. The number of guanidine groups is 1. The normalized spacial score (nSPS) is 15.7. The Morgan fingerprint density at radius 2 is 1.97 bits per heavy atom. The van der Waals surface area contributed by atoms with Crippen molar-refractivity contribution in [3.05, 3.63) is 52.0 Å². The van der Waals surface area contributed by atoms with Gasteiger partial charge in [0.15, 0.2) is 5.96 Å². The lowest BCUT2D eigenvalue weighted by Crippen LogP contribution is -2.43. The maximum Gasteiger partial charge on any atom is 0.190 e. The van der Waals surface area contributed by atoms with Crippen LogP contribution in [0.25, 0.3) is 0 Å². The first-order valence-corrected chi connectivity index (χ1v) is 11.3. The second-order valence-electron chi connectivity index (χ2n) is 7.42. The van der Waals surface area contributed by atoms with Crippen molar-refractivity contribution in [1.82, 2.24) is 20.5 Å². The maximum absolute atomic E-state index is 4.70. The minimum absolute atomic E-state index is 0. The second-order valence-corrected chi connectivity index (χ2v) is 8.36. The van der Waals surface area contributed by atoms with Gasteiger partial charge < -0.3 is 10.6 Å². The lowest BCUT2D eigenvalue weighted by atomic mass is 9.97. The highest BCUT2D eigenvalue weighted by molar-refractivity contribution is 14.0. The topological polar surface area (TPSA) is 52.6 Å². The molecule has 0 aliphatic carbocycles. The fourth-order valence-corrected chi connectivity index (χ4v) is 4.33. The number of aliphatic imine (C=N–C) groups is 1. The smallest absolute Gasteiger partial charge is 0.190 e. The fourth-order valence-electron chi connectivity index (χ4n) is 3.59. The molecule has 0 amide bonds. The highest BCUT2D eigenvalue weighted by atomic mass is 127. The highest BCUT2D eigenvalue weighted by Gasteiger charge is 2.20. The Labute approximate surface area is 196 Å². The first-order valence-electron chi connectivity index (χ1n) is 10.4. The van der Waals surface area contributed by atoms with E-state index in [1.807, 2.05) is 7.05 Å². The number of halogens is 1. The molecule has 7 heteroatoms. The van der Waals surface area contributed by atoms with E-state index in [0.29, 0.717) is 5.92 Å². The Hall–Kier alpha value is -1.19. The van der Waals surface area contributed by atoms with Gasteiger partial charge in [-0.3, -0.25) is 9.89 Å². The monoisotopic (exact) mass is 527 g/mol. The van der Waals surface area contributed by atoms with Crippen molar-refractivity contribution in [2.75, 3.05) is 33.2 Å². The Balaban J connectivity index is 0.00000300. The average Bonchev–Trinajstić information content (AvgIpc) is 3.20. The Morgan fingerprint density at radius 3 is 2.62 bits per heavy atom. The van der Waals surface area contributed by atoms with Crippen LogP contribution in [-0.2, 0) is 19.4 Å². The van der Waals surface area contributed by atoms with E-state index in [2.05, 4.69) is 63.2 Å². The first kappa shape index (κ1) is 24.1. The summed E-state index contributed by atoms with van der Waals surface area (Å²) in [6.07, 6.45) is 4.52. The van der Waals surface area contributed by atoms with E-state index in [-0.39, 0.29) is 24.0 Å². The van der Waals surface area contributed by atoms with Crippen molar-refractivity contribution < 1.29 is 0 Å². The van der Waals surface area contributed by atoms with Crippen LogP contribution in [0.1, 0.15) is 36.0 Å². The molecule has 1 aromatic heterocycles. The van der Waals surface area contributed by atoms with Gasteiger partial charge in [-0.25, -0.2) is 4.98 Å². The summed E-state index contributed by atoms with van der Waals surface area (Å²) in [7, 11) is 1.85. The molecule has 1 aliphatic rings. The number of likely N-dealkylation sites (tertiary alicyclic amines) is 1. The quantitative estimate of drug-likeness (QED) is 0.310. The molecule has 0 unspecified atom stereocenters. The molecule has 2 heterocycles. The number of piperidine rings is 1. The van der Waals surface area contributed by atoms with Gasteiger partial charge in [0.1, 0.15) is 0 Å². The molecule has 0 saturated carbocycles. The largest absolute Gasteiger partial charge is 0.356 e. The molecule has 0 atom stereocenters. The third-order valence-corrected chi connectivity index (χ3v) is 6.37. The van der Waals surface area contributed by atoms with Crippen LogP contribution >= 0.6 is 35.3 Å². The summed E-state index contributed by atoms with van der Waals surface area (Å²) in [5.74, 6) is 1.62. The average molecular weight is 528 g/mol. The number of aryl methyl sites for hydroxylation is 1. The van der Waals surface area contributed by atoms with Crippen molar-refractivity contribution in [3.63, 3.8) is 0 Å². The van der Waals surface area contributed by atoms with Gasteiger partial charge in [0.2, 0.25) is 0 Å². The predicted molar refractivity (Wildman–Crippen MR) is 134 cm³/mol. The van der Waals surface area contributed by atoms with E-state index in [1.54, 1.807) is 11.3 Å². The van der Waals surface area contributed by atoms with Crippen LogP contribution in [0.15, 0.2) is 40.7 Å². The maximum atomic E-state index is 4.70. The summed E-state index contributed by atoms with van der Waals surface area (Å²) in [6.45, 7) is 7.38. The molecule has 0 spiro atoms. The first-order chi connectivity index (χ1) is 13.8. The van der Waals surface area contributed by atoms with Crippen LogP contribution in [0.2, 0.25) is 0 Å². The van der Waals surface area contributed by atoms with E-state index in [9.17, 15) is 0 Å². The SMILES string of the molecule is CCc1nc(CN2CCC(CNC(=NC)NCCc3ccccc3)CC2)cs1.I. The van der Waals surface area contributed by atoms with E-state index < -0.39 is 0 Å². The molecule has 0 bridgehead atoms. The molecular weight excluding hydrogens is 493 g/mol. The van der Waals surface area contributed by atoms with Gasteiger partial charge in [-0.05, 0) is 50.3 Å². The zero-order valence-electron chi connectivity index (χ0n) is 17.6. The molecule has 0 radical (unpaired) electrons. The van der Waals surface area contributed by atoms with Crippen LogP contribution < -0.4 is 10.6 Å². The number of hydrogen-bond donors (Lipinski definition) is 2. The van der Waals surface area contributed by atoms with Crippen molar-refractivity contribution in [1.29, 1.82) is 0 Å². The van der Waals surface area contributed by atoms with Crippen LogP contribution in [0, 0.1) is 5.92 Å². The van der Waals surface area contributed by atoms with Gasteiger partial charge in [-0.1, -0.05) is 37.3 Å². The fraction of sp³-hybridized carbons (Fsp3) is 0.545. The Morgan fingerprint density at radius 1 is 1.21 bits per heavy atom. The number of rotatable bonds is 8. The Kier molecular flexibility index (Phi) is 10.9. The number of aromatic nitrogens is 1. The summed E-state index contributed by atoms with van der Waals surface area (Å²) in [6, 6.07) is 10.6. The molecule has 2 aromatic rings. The lowest BCUT2D eigenvalue weighted by Gasteiger charge is -2.31. The van der Waals surface area contributed by atoms with Crippen molar-refractivity contribution in [2.24, 2.45) is 10.9 Å². The summed E-state index contributed by atoms with van der Waals surface area (Å²) < 4.78 is 0. The molecule has 1 saturated heterocycles. The second kappa shape index (κ2) is 13.2. The molecule has 2 N–H and O–H groups in total. The number of thiazole rings is 1. The van der Waals surface area contributed by atoms with Crippen LogP contribution in [0.5, 0.6) is 0 Å². The number of benzene rings is 1. The summed E-state index contributed by atoms with van der Waals surface area (Å²) in [4.78, 5) is 11.6. The Bertz CT molecular complexity index is 726. The van der Waals surface area contributed by atoms with Gasteiger partial charge in [-0.15, -0.1) is 35.3 Å². The lowest BCUT2D eigenvalue weighted by molar-refractivity contribution is 0.176. The predicted octanol–water partition coefficient (Wildman–Crippen LogP) is 3.94. The third-order valence-electron chi connectivity index (χ3n) is 5.33. The molecule has 1 aromatic carbocycles. The zero-order chi connectivity index (χ0) is 19.6. The van der Waals surface area contributed by atoms with Gasteiger partial charge in [0.05, 0.1) is 10.7 Å². The highest BCUT2D eigenvalue weighted by Crippen LogP contribution is 2.19. The van der Waals surface area contributed by atoms with E-state index in [1.165, 1.54) is 29.1 Å². The van der Waals surface area contributed by atoms with Crippen molar-refractivity contribution >= 4 is 41.3 Å². The van der Waals surface area contributed by atoms with Crippen molar-refractivity contribution in [3.8, 4) is 0 Å². The summed E-state index contributed by atoms with van der Waals surface area (Å²) in [5, 5.41) is 10.4.